The molecule has 0 N–H and O–H groups in total. The second-order valence-corrected chi connectivity index (χ2v) is 6.07. The zero-order valence-corrected chi connectivity index (χ0v) is 14.2. The van der Waals surface area contributed by atoms with Gasteiger partial charge in [-0.15, -0.1) is 0 Å². The van der Waals surface area contributed by atoms with Crippen LogP contribution in [0.3, 0.4) is 0 Å². The number of carbonyl (C=O) groups is 1. The molecule has 120 valence electrons. The maximum Gasteiger partial charge on any atom is 0.343 e. The molecule has 0 saturated heterocycles. The number of allylic oxidation sites excluding steroid dienone is 2. The Kier molecular flexibility index (Phi) is 4.48. The minimum absolute atomic E-state index is 0.341. The molecule has 0 bridgehead atoms. The molecule has 3 aromatic carbocycles. The first-order valence-corrected chi connectivity index (χ1v) is 8.01. The average molecular weight is 316 g/mol. The zero-order chi connectivity index (χ0) is 17.1. The third kappa shape index (κ3) is 3.23. The van der Waals surface area contributed by atoms with Gasteiger partial charge in [0.05, 0.1) is 5.56 Å². The molecule has 0 radical (unpaired) electrons. The average Bonchev–Trinajstić information content (AvgIpc) is 2.61. The van der Waals surface area contributed by atoms with Gasteiger partial charge in [0, 0.05) is 0 Å². The first-order chi connectivity index (χ1) is 11.6. The van der Waals surface area contributed by atoms with Gasteiger partial charge in [-0.25, -0.2) is 4.79 Å². The van der Waals surface area contributed by atoms with Gasteiger partial charge in [-0.2, -0.15) is 0 Å². The van der Waals surface area contributed by atoms with Crippen LogP contribution in [-0.2, 0) is 0 Å². The Bertz CT molecular complexity index is 917. The fourth-order valence-corrected chi connectivity index (χ4v) is 2.66. The van der Waals surface area contributed by atoms with E-state index in [0.29, 0.717) is 11.3 Å². The largest absolute Gasteiger partial charge is 0.423 e. The van der Waals surface area contributed by atoms with Crippen molar-refractivity contribution >= 4 is 22.3 Å². The maximum absolute atomic E-state index is 12.3. The van der Waals surface area contributed by atoms with Crippen LogP contribution < -0.4 is 4.74 Å². The highest BCUT2D eigenvalue weighted by Gasteiger charge is 2.12. The number of hydrogen-bond acceptors (Lipinski definition) is 2. The van der Waals surface area contributed by atoms with Crippen molar-refractivity contribution in [1.29, 1.82) is 0 Å². The van der Waals surface area contributed by atoms with Gasteiger partial charge in [-0.3, -0.25) is 0 Å². The number of fused-ring (bicyclic) bond motifs is 1. The van der Waals surface area contributed by atoms with Crippen molar-refractivity contribution in [3.8, 4) is 5.75 Å². The van der Waals surface area contributed by atoms with Gasteiger partial charge in [0.25, 0.3) is 0 Å². The summed E-state index contributed by atoms with van der Waals surface area (Å²) in [5.41, 5.74) is 4.09. The van der Waals surface area contributed by atoms with Crippen LogP contribution in [0.25, 0.3) is 16.3 Å². The molecule has 0 atom stereocenters. The molecule has 0 spiro atoms. The number of hydrogen-bond donors (Lipinski definition) is 0. The van der Waals surface area contributed by atoms with Crippen molar-refractivity contribution in [2.45, 2.75) is 20.8 Å². The molecule has 24 heavy (non-hydrogen) atoms. The summed E-state index contributed by atoms with van der Waals surface area (Å²) in [6.45, 7) is 6.28. The van der Waals surface area contributed by atoms with E-state index in [9.17, 15) is 4.79 Å². The molecule has 3 rings (SSSR count). The molecule has 3 aromatic rings. The second kappa shape index (κ2) is 6.71. The summed E-state index contributed by atoms with van der Waals surface area (Å²) in [4.78, 5) is 12.3. The van der Waals surface area contributed by atoms with Crippen LogP contribution in [0.1, 0.15) is 36.7 Å². The Labute approximate surface area is 142 Å². The minimum Gasteiger partial charge on any atom is -0.423 e. The molecular weight excluding hydrogens is 296 g/mol. The fraction of sp³-hybridized carbons (Fsp3) is 0.136. The van der Waals surface area contributed by atoms with Gasteiger partial charge in [0.2, 0.25) is 0 Å². The van der Waals surface area contributed by atoms with Crippen LogP contribution in [0, 0.1) is 0 Å². The molecule has 2 nitrogen and oxygen atoms in total. The number of benzene rings is 3. The minimum atomic E-state index is -0.341. The standard InChI is InChI=1S/C22H20O2/c1-15(2)16(3)21-14-19(13-18-11-7-8-12-20(18)21)24-22(23)17-9-5-4-6-10-17/h4-14H,1-3H3. The van der Waals surface area contributed by atoms with Gasteiger partial charge < -0.3 is 4.74 Å². The van der Waals surface area contributed by atoms with Gasteiger partial charge in [-0.05, 0) is 66.9 Å². The summed E-state index contributed by atoms with van der Waals surface area (Å²) in [5, 5.41) is 2.22. The first-order valence-electron chi connectivity index (χ1n) is 8.01. The molecule has 0 aliphatic carbocycles. The summed E-state index contributed by atoms with van der Waals surface area (Å²) < 4.78 is 5.62. The number of carbonyl (C=O) groups excluding carboxylic acids is 1. The van der Waals surface area contributed by atoms with E-state index in [0.717, 1.165) is 16.3 Å². The van der Waals surface area contributed by atoms with Crippen molar-refractivity contribution in [2.24, 2.45) is 0 Å². The molecule has 0 heterocycles. The normalized spacial score (nSPS) is 10.5. The van der Waals surface area contributed by atoms with E-state index in [4.69, 9.17) is 4.74 Å². The highest BCUT2D eigenvalue weighted by atomic mass is 16.5. The summed E-state index contributed by atoms with van der Waals surface area (Å²) >= 11 is 0. The first kappa shape index (κ1) is 16.0. The molecule has 2 heteroatoms. The zero-order valence-electron chi connectivity index (χ0n) is 14.2. The van der Waals surface area contributed by atoms with Crippen molar-refractivity contribution in [3.63, 3.8) is 0 Å². The Balaban J connectivity index is 2.06. The Morgan fingerprint density at radius 3 is 2.21 bits per heavy atom. The molecule has 0 aromatic heterocycles. The van der Waals surface area contributed by atoms with E-state index in [1.54, 1.807) is 12.1 Å². The highest BCUT2D eigenvalue weighted by molar-refractivity contribution is 5.96. The van der Waals surface area contributed by atoms with E-state index < -0.39 is 0 Å². The Morgan fingerprint density at radius 1 is 0.833 bits per heavy atom. The molecule has 0 aliphatic rings. The van der Waals surface area contributed by atoms with Crippen LogP contribution in [0.4, 0.5) is 0 Å². The number of ether oxygens (including phenoxy) is 1. The van der Waals surface area contributed by atoms with Gasteiger partial charge >= 0.3 is 5.97 Å². The van der Waals surface area contributed by atoms with E-state index in [2.05, 4.69) is 26.8 Å². The van der Waals surface area contributed by atoms with Gasteiger partial charge in [0.15, 0.2) is 0 Å². The lowest BCUT2D eigenvalue weighted by Crippen LogP contribution is -2.08. The van der Waals surface area contributed by atoms with Crippen LogP contribution in [-0.4, -0.2) is 5.97 Å². The van der Waals surface area contributed by atoms with Crippen molar-refractivity contribution in [3.05, 3.63) is 83.4 Å². The van der Waals surface area contributed by atoms with Crippen molar-refractivity contribution in [2.75, 3.05) is 0 Å². The maximum atomic E-state index is 12.3. The quantitative estimate of drug-likeness (QED) is 0.446. The smallest absolute Gasteiger partial charge is 0.343 e. The lowest BCUT2D eigenvalue weighted by Gasteiger charge is -2.12. The molecule has 0 saturated carbocycles. The lowest BCUT2D eigenvalue weighted by molar-refractivity contribution is 0.0735. The molecule has 0 fully saturated rings. The molecular formula is C22H20O2. The van der Waals surface area contributed by atoms with Crippen LogP contribution in [0.15, 0.2) is 72.3 Å². The molecule has 0 aliphatic heterocycles. The second-order valence-electron chi connectivity index (χ2n) is 6.07. The third-order valence-corrected chi connectivity index (χ3v) is 4.21. The highest BCUT2D eigenvalue weighted by Crippen LogP contribution is 2.31. The topological polar surface area (TPSA) is 26.3 Å². The van der Waals surface area contributed by atoms with Crippen LogP contribution >= 0.6 is 0 Å². The molecule has 0 amide bonds. The predicted octanol–water partition coefficient (Wildman–Crippen LogP) is 5.87. The number of rotatable bonds is 3. The summed E-state index contributed by atoms with van der Waals surface area (Å²) in [6.07, 6.45) is 0. The monoisotopic (exact) mass is 316 g/mol. The SMILES string of the molecule is CC(C)=C(C)c1cc(OC(=O)c2ccccc2)cc2ccccc12. The summed E-state index contributed by atoms with van der Waals surface area (Å²) in [6, 6.07) is 21.1. The van der Waals surface area contributed by atoms with E-state index in [-0.39, 0.29) is 5.97 Å². The number of esters is 1. The van der Waals surface area contributed by atoms with E-state index >= 15 is 0 Å². The van der Waals surface area contributed by atoms with Crippen LogP contribution in [0.2, 0.25) is 0 Å². The van der Waals surface area contributed by atoms with Gasteiger partial charge in [-0.1, -0.05) is 48.0 Å². The van der Waals surface area contributed by atoms with Crippen molar-refractivity contribution < 1.29 is 9.53 Å². The summed E-state index contributed by atoms with van der Waals surface area (Å²) in [7, 11) is 0. The van der Waals surface area contributed by atoms with E-state index in [1.165, 1.54) is 11.1 Å². The van der Waals surface area contributed by atoms with Gasteiger partial charge in [0.1, 0.15) is 5.75 Å². The molecule has 0 unspecified atom stereocenters. The predicted molar refractivity (Wildman–Crippen MR) is 99.3 cm³/mol. The van der Waals surface area contributed by atoms with Crippen molar-refractivity contribution in [1.82, 2.24) is 0 Å². The summed E-state index contributed by atoms with van der Waals surface area (Å²) in [5.74, 6) is 0.227. The fourth-order valence-electron chi connectivity index (χ4n) is 2.66. The van der Waals surface area contributed by atoms with E-state index in [1.807, 2.05) is 48.5 Å². The Hall–Kier alpha value is -2.87. The third-order valence-electron chi connectivity index (χ3n) is 4.21. The Morgan fingerprint density at radius 2 is 1.50 bits per heavy atom. The lowest BCUT2D eigenvalue weighted by atomic mass is 9.96. The van der Waals surface area contributed by atoms with Crippen LogP contribution in [0.5, 0.6) is 5.75 Å².